The van der Waals surface area contributed by atoms with Crippen molar-refractivity contribution in [3.8, 4) is 5.75 Å². The molecule has 1 aromatic rings. The quantitative estimate of drug-likeness (QED) is 0.885. The molecule has 0 radical (unpaired) electrons. The maximum absolute atomic E-state index is 12.2. The van der Waals surface area contributed by atoms with Gasteiger partial charge < -0.3 is 15.0 Å². The van der Waals surface area contributed by atoms with Gasteiger partial charge in [0.15, 0.2) is 0 Å². The third kappa shape index (κ3) is 2.40. The molecule has 7 nitrogen and oxygen atoms in total. The Hall–Kier alpha value is -2.28. The van der Waals surface area contributed by atoms with E-state index in [2.05, 4.69) is 5.32 Å². The van der Waals surface area contributed by atoms with Crippen LogP contribution < -0.4 is 10.1 Å². The van der Waals surface area contributed by atoms with Crippen molar-refractivity contribution in [2.24, 2.45) is 0 Å². The van der Waals surface area contributed by atoms with E-state index in [1.54, 1.807) is 31.2 Å². The van der Waals surface area contributed by atoms with E-state index in [0.29, 0.717) is 30.9 Å². The topological polar surface area (TPSA) is 71.1 Å². The smallest absolute Gasteiger partial charge is 0.322 e. The highest BCUT2D eigenvalue weighted by molar-refractivity contribution is 5.92. The highest BCUT2D eigenvalue weighted by atomic mass is 16.7. The maximum atomic E-state index is 12.2. The van der Waals surface area contributed by atoms with Gasteiger partial charge in [0.05, 0.1) is 32.3 Å². The first-order valence-corrected chi connectivity index (χ1v) is 6.68. The van der Waals surface area contributed by atoms with Gasteiger partial charge in [-0.2, -0.15) is 0 Å². The van der Waals surface area contributed by atoms with Gasteiger partial charge in [-0.1, -0.05) is 12.1 Å². The molecular weight excluding hydrogens is 274 g/mol. The van der Waals surface area contributed by atoms with Crippen LogP contribution in [-0.4, -0.2) is 54.7 Å². The highest BCUT2D eigenvalue weighted by Gasteiger charge is 2.54. The van der Waals surface area contributed by atoms with Gasteiger partial charge in [0.1, 0.15) is 11.4 Å². The normalized spacial score (nSPS) is 19.6. The molecule has 0 aliphatic carbocycles. The first-order valence-electron chi connectivity index (χ1n) is 6.68. The van der Waals surface area contributed by atoms with Gasteiger partial charge in [-0.15, -0.1) is 0 Å². The Kier molecular flexibility index (Phi) is 3.21. The summed E-state index contributed by atoms with van der Waals surface area (Å²) in [6.45, 7) is 0.814. The van der Waals surface area contributed by atoms with Crippen molar-refractivity contribution in [2.75, 3.05) is 32.6 Å². The van der Waals surface area contributed by atoms with Crippen LogP contribution in [0.1, 0.15) is 6.42 Å². The molecule has 7 heteroatoms. The van der Waals surface area contributed by atoms with Crippen LogP contribution in [0.4, 0.5) is 10.5 Å². The number of para-hydroxylation sites is 2. The summed E-state index contributed by atoms with van der Waals surface area (Å²) >= 11 is 0. The molecular formula is C14H17N3O4. The van der Waals surface area contributed by atoms with E-state index in [0.717, 1.165) is 0 Å². The lowest BCUT2D eigenvalue weighted by molar-refractivity contribution is -0.217. The standard InChI is InChI=1S/C14H17N3O4/c1-16-12(18)7-14(21-16)8-17(9-14)13(19)15-10-5-3-4-6-11(10)20-2/h3-6H,7-9H2,1-2H3,(H,15,19). The fourth-order valence-corrected chi connectivity index (χ4v) is 2.67. The Morgan fingerprint density at radius 3 is 2.71 bits per heavy atom. The van der Waals surface area contributed by atoms with Crippen LogP contribution >= 0.6 is 0 Å². The van der Waals surface area contributed by atoms with E-state index >= 15 is 0 Å². The highest BCUT2D eigenvalue weighted by Crippen LogP contribution is 2.35. The number of ether oxygens (including phenoxy) is 1. The molecule has 0 atom stereocenters. The van der Waals surface area contributed by atoms with Crippen LogP contribution in [0.15, 0.2) is 24.3 Å². The number of nitrogens with one attached hydrogen (secondary N) is 1. The number of carbonyl (C=O) groups excluding carboxylic acids is 2. The molecule has 0 aromatic heterocycles. The van der Waals surface area contributed by atoms with Gasteiger partial charge in [0, 0.05) is 7.05 Å². The Bertz CT molecular complexity index is 583. The minimum Gasteiger partial charge on any atom is -0.495 e. The Labute approximate surface area is 122 Å². The van der Waals surface area contributed by atoms with Crippen LogP contribution in [0.2, 0.25) is 0 Å². The number of benzene rings is 1. The predicted octanol–water partition coefficient (Wildman–Crippen LogP) is 1.08. The summed E-state index contributed by atoms with van der Waals surface area (Å²) in [6.07, 6.45) is 0.321. The molecule has 2 aliphatic rings. The van der Waals surface area contributed by atoms with Gasteiger partial charge in [-0.25, -0.2) is 9.86 Å². The summed E-state index contributed by atoms with van der Waals surface area (Å²) in [4.78, 5) is 30.8. The lowest BCUT2D eigenvalue weighted by Gasteiger charge is -2.45. The van der Waals surface area contributed by atoms with Crippen LogP contribution in [0.3, 0.4) is 0 Å². The van der Waals surface area contributed by atoms with Crippen molar-refractivity contribution in [3.63, 3.8) is 0 Å². The number of methoxy groups -OCH3 is 1. The van der Waals surface area contributed by atoms with Crippen LogP contribution in [-0.2, 0) is 9.63 Å². The number of anilines is 1. The zero-order valence-corrected chi connectivity index (χ0v) is 12.0. The van der Waals surface area contributed by atoms with Crippen molar-refractivity contribution < 1.29 is 19.2 Å². The number of hydrogen-bond donors (Lipinski definition) is 1. The minimum absolute atomic E-state index is 0.0558. The lowest BCUT2D eigenvalue weighted by Crippen LogP contribution is -2.64. The maximum Gasteiger partial charge on any atom is 0.322 e. The Balaban J connectivity index is 1.60. The zero-order valence-electron chi connectivity index (χ0n) is 12.0. The molecule has 3 rings (SSSR count). The second kappa shape index (κ2) is 4.92. The number of urea groups is 1. The van der Waals surface area contributed by atoms with Gasteiger partial charge in [-0.05, 0) is 12.1 Å². The largest absolute Gasteiger partial charge is 0.495 e. The summed E-state index contributed by atoms with van der Waals surface area (Å²) in [5, 5.41) is 4.05. The average Bonchev–Trinajstić information content (AvgIpc) is 2.74. The van der Waals surface area contributed by atoms with E-state index < -0.39 is 5.60 Å². The van der Waals surface area contributed by atoms with Gasteiger partial charge >= 0.3 is 6.03 Å². The molecule has 0 saturated carbocycles. The van der Waals surface area contributed by atoms with Gasteiger partial charge in [0.2, 0.25) is 5.91 Å². The van der Waals surface area contributed by atoms with Crippen LogP contribution in [0.25, 0.3) is 0 Å². The molecule has 2 saturated heterocycles. The second-order valence-electron chi connectivity index (χ2n) is 5.33. The van der Waals surface area contributed by atoms with Crippen molar-refractivity contribution in [2.45, 2.75) is 12.0 Å². The van der Waals surface area contributed by atoms with E-state index in [-0.39, 0.29) is 11.9 Å². The molecule has 1 N–H and O–H groups in total. The fourth-order valence-electron chi connectivity index (χ4n) is 2.67. The molecule has 1 aromatic carbocycles. The fraction of sp³-hybridized carbons (Fsp3) is 0.429. The predicted molar refractivity (Wildman–Crippen MR) is 74.8 cm³/mol. The molecule has 0 unspecified atom stereocenters. The minimum atomic E-state index is -0.538. The molecule has 3 amide bonds. The van der Waals surface area contributed by atoms with Crippen LogP contribution in [0, 0.1) is 0 Å². The summed E-state index contributed by atoms with van der Waals surface area (Å²) in [5.74, 6) is 0.549. The Morgan fingerprint density at radius 1 is 1.38 bits per heavy atom. The summed E-state index contributed by atoms with van der Waals surface area (Å²) in [6, 6.07) is 6.98. The Morgan fingerprint density at radius 2 is 2.10 bits per heavy atom. The number of likely N-dealkylation sites (tertiary alicyclic amines) is 1. The number of hydrogen-bond acceptors (Lipinski definition) is 4. The van der Waals surface area contributed by atoms with E-state index in [4.69, 9.17) is 9.57 Å². The molecule has 1 spiro atoms. The number of carbonyl (C=O) groups is 2. The van der Waals surface area contributed by atoms with Crippen molar-refractivity contribution in [3.05, 3.63) is 24.3 Å². The number of nitrogens with zero attached hydrogens (tertiary/aromatic N) is 2. The molecule has 0 bridgehead atoms. The third-order valence-electron chi connectivity index (χ3n) is 3.75. The summed E-state index contributed by atoms with van der Waals surface area (Å²) in [5.41, 5.74) is 0.0794. The van der Waals surface area contributed by atoms with Gasteiger partial charge in [-0.3, -0.25) is 9.63 Å². The third-order valence-corrected chi connectivity index (χ3v) is 3.75. The summed E-state index contributed by atoms with van der Waals surface area (Å²) in [7, 11) is 3.14. The van der Waals surface area contributed by atoms with Gasteiger partial charge in [0.25, 0.3) is 0 Å². The number of rotatable bonds is 2. The molecule has 2 fully saturated rings. The zero-order chi connectivity index (χ0) is 15.0. The van der Waals surface area contributed by atoms with Crippen molar-refractivity contribution in [1.29, 1.82) is 0 Å². The van der Waals surface area contributed by atoms with E-state index in [1.165, 1.54) is 5.06 Å². The number of amides is 3. The van der Waals surface area contributed by atoms with Crippen molar-refractivity contribution >= 4 is 17.6 Å². The van der Waals surface area contributed by atoms with Crippen LogP contribution in [0.5, 0.6) is 5.75 Å². The molecule has 2 aliphatic heterocycles. The SMILES string of the molecule is COc1ccccc1NC(=O)N1CC2(CC(=O)N(C)O2)C1. The second-order valence-corrected chi connectivity index (χ2v) is 5.33. The first kappa shape index (κ1) is 13.7. The molecule has 21 heavy (non-hydrogen) atoms. The van der Waals surface area contributed by atoms with Crippen molar-refractivity contribution in [1.82, 2.24) is 9.96 Å². The monoisotopic (exact) mass is 291 g/mol. The van der Waals surface area contributed by atoms with E-state index in [9.17, 15) is 9.59 Å². The molecule has 2 heterocycles. The lowest BCUT2D eigenvalue weighted by atomic mass is 9.91. The average molecular weight is 291 g/mol. The first-order chi connectivity index (χ1) is 10.0. The number of hydroxylamine groups is 2. The van der Waals surface area contributed by atoms with E-state index in [1.807, 2.05) is 12.1 Å². The summed E-state index contributed by atoms with van der Waals surface area (Å²) < 4.78 is 5.19. The molecule has 112 valence electrons.